The van der Waals surface area contributed by atoms with E-state index in [4.69, 9.17) is 9.15 Å². The number of hydrogen-bond acceptors (Lipinski definition) is 3. The van der Waals surface area contributed by atoms with Gasteiger partial charge in [-0.2, -0.15) is 0 Å². The molecule has 1 heterocycles. The highest BCUT2D eigenvalue weighted by Gasteiger charge is 2.22. The van der Waals surface area contributed by atoms with Gasteiger partial charge in [-0.15, -0.1) is 0 Å². The second kappa shape index (κ2) is 3.86. The molecule has 0 N–H and O–H groups in total. The van der Waals surface area contributed by atoms with Crippen molar-refractivity contribution in [2.75, 3.05) is 6.61 Å². The third-order valence-electron chi connectivity index (χ3n) is 2.56. The van der Waals surface area contributed by atoms with Crippen molar-refractivity contribution in [1.29, 1.82) is 0 Å². The summed E-state index contributed by atoms with van der Waals surface area (Å²) in [5.41, 5.74) is 1.69. The Balaban J connectivity index is 2.25. The van der Waals surface area contributed by atoms with Gasteiger partial charge in [-0.25, -0.2) is 4.79 Å². The van der Waals surface area contributed by atoms with Gasteiger partial charge in [0.2, 0.25) is 0 Å². The van der Waals surface area contributed by atoms with E-state index in [1.54, 1.807) is 0 Å². The topological polar surface area (TPSA) is 39.4 Å². The van der Waals surface area contributed by atoms with Gasteiger partial charge in [0.05, 0.1) is 6.61 Å². The summed E-state index contributed by atoms with van der Waals surface area (Å²) in [6.45, 7) is 2.23. The molecule has 0 unspecified atom stereocenters. The molecule has 0 atom stereocenters. The van der Waals surface area contributed by atoms with E-state index in [1.165, 1.54) is 6.26 Å². The van der Waals surface area contributed by atoms with E-state index in [0.29, 0.717) is 12.2 Å². The number of carbonyl (C=O) groups is 1. The van der Waals surface area contributed by atoms with Crippen molar-refractivity contribution in [3.63, 3.8) is 0 Å². The summed E-state index contributed by atoms with van der Waals surface area (Å²) in [7, 11) is 0. The normalized spacial score (nSPS) is 14.9. The van der Waals surface area contributed by atoms with Crippen LogP contribution in [0.1, 0.15) is 41.4 Å². The van der Waals surface area contributed by atoms with Crippen molar-refractivity contribution >= 4 is 5.97 Å². The fraction of sp³-hybridized carbons (Fsp3) is 0.545. The first kappa shape index (κ1) is 9.31. The van der Waals surface area contributed by atoms with Gasteiger partial charge in [-0.05, 0) is 26.2 Å². The van der Waals surface area contributed by atoms with Gasteiger partial charge < -0.3 is 9.15 Å². The molecule has 14 heavy (non-hydrogen) atoms. The van der Waals surface area contributed by atoms with Gasteiger partial charge in [0, 0.05) is 12.0 Å². The van der Waals surface area contributed by atoms with Crippen molar-refractivity contribution in [2.24, 2.45) is 0 Å². The van der Waals surface area contributed by atoms with Crippen LogP contribution in [0.2, 0.25) is 0 Å². The van der Waals surface area contributed by atoms with Crippen LogP contribution >= 0.6 is 0 Å². The van der Waals surface area contributed by atoms with Gasteiger partial charge >= 0.3 is 5.97 Å². The summed E-state index contributed by atoms with van der Waals surface area (Å²) < 4.78 is 10.3. The molecule has 0 fully saturated rings. The van der Waals surface area contributed by atoms with E-state index in [9.17, 15) is 4.79 Å². The Kier molecular flexibility index (Phi) is 2.57. The van der Waals surface area contributed by atoms with Crippen LogP contribution in [0, 0.1) is 0 Å². The maximum Gasteiger partial charge on any atom is 0.341 e. The number of rotatable bonds is 2. The zero-order valence-electron chi connectivity index (χ0n) is 8.34. The third kappa shape index (κ3) is 1.54. The van der Waals surface area contributed by atoms with Gasteiger partial charge in [0.1, 0.15) is 17.6 Å². The van der Waals surface area contributed by atoms with Crippen molar-refractivity contribution < 1.29 is 13.9 Å². The highest BCUT2D eigenvalue weighted by Crippen LogP contribution is 2.26. The average Bonchev–Trinajstić information content (AvgIpc) is 2.61. The largest absolute Gasteiger partial charge is 0.468 e. The van der Waals surface area contributed by atoms with Crippen LogP contribution < -0.4 is 0 Å². The second-order valence-corrected chi connectivity index (χ2v) is 3.48. The first-order chi connectivity index (χ1) is 6.83. The molecule has 0 bridgehead atoms. The number of furan rings is 1. The number of carbonyl (C=O) groups excluding carboxylic acids is 1. The summed E-state index contributed by atoms with van der Waals surface area (Å²) >= 11 is 0. The maximum absolute atomic E-state index is 11.5. The molecule has 3 heteroatoms. The minimum atomic E-state index is -0.251. The summed E-state index contributed by atoms with van der Waals surface area (Å²) in [6.07, 6.45) is 5.73. The minimum absolute atomic E-state index is 0.251. The van der Waals surface area contributed by atoms with Gasteiger partial charge in [0.25, 0.3) is 0 Å². The highest BCUT2D eigenvalue weighted by atomic mass is 16.5. The Morgan fingerprint density at radius 2 is 2.29 bits per heavy atom. The zero-order valence-corrected chi connectivity index (χ0v) is 8.34. The lowest BCUT2D eigenvalue weighted by molar-refractivity contribution is 0.0524. The highest BCUT2D eigenvalue weighted by molar-refractivity contribution is 5.91. The van der Waals surface area contributed by atoms with Crippen LogP contribution in [-0.4, -0.2) is 12.6 Å². The molecule has 0 spiro atoms. The molecule has 0 radical (unpaired) electrons. The van der Waals surface area contributed by atoms with Gasteiger partial charge in [-0.3, -0.25) is 0 Å². The number of esters is 1. The Bertz CT molecular complexity index is 338. The first-order valence-corrected chi connectivity index (χ1v) is 5.09. The molecule has 2 rings (SSSR count). The minimum Gasteiger partial charge on any atom is -0.468 e. The fourth-order valence-electron chi connectivity index (χ4n) is 1.87. The van der Waals surface area contributed by atoms with Crippen LogP contribution in [0.5, 0.6) is 0 Å². The van der Waals surface area contributed by atoms with E-state index in [2.05, 4.69) is 0 Å². The van der Waals surface area contributed by atoms with E-state index >= 15 is 0 Å². The molecule has 0 saturated carbocycles. The summed E-state index contributed by atoms with van der Waals surface area (Å²) in [5, 5.41) is 0. The molecule has 1 aromatic heterocycles. The predicted octanol–water partition coefficient (Wildman–Crippen LogP) is 2.34. The fourth-order valence-corrected chi connectivity index (χ4v) is 1.87. The Labute approximate surface area is 83.0 Å². The summed E-state index contributed by atoms with van der Waals surface area (Å²) in [5.74, 6) is 0.721. The lowest BCUT2D eigenvalue weighted by Crippen LogP contribution is -2.09. The molecular formula is C11H14O3. The molecule has 0 aliphatic heterocycles. The molecular weight excluding hydrogens is 180 g/mol. The van der Waals surface area contributed by atoms with Crippen molar-refractivity contribution in [2.45, 2.75) is 32.6 Å². The maximum atomic E-state index is 11.5. The van der Waals surface area contributed by atoms with Crippen molar-refractivity contribution in [3.8, 4) is 0 Å². The van der Waals surface area contributed by atoms with E-state index in [-0.39, 0.29) is 5.97 Å². The standard InChI is InChI=1S/C11H14O3/c1-2-13-11(12)9-7-14-10-6-4-3-5-8(9)10/h7H,2-6H2,1H3. The summed E-state index contributed by atoms with van der Waals surface area (Å²) in [6, 6.07) is 0. The number of ether oxygens (including phenoxy) is 1. The van der Waals surface area contributed by atoms with Gasteiger partial charge in [-0.1, -0.05) is 0 Å². The molecule has 1 aliphatic carbocycles. The van der Waals surface area contributed by atoms with Crippen LogP contribution in [0.4, 0.5) is 0 Å². The number of aryl methyl sites for hydroxylation is 1. The van der Waals surface area contributed by atoms with E-state index < -0.39 is 0 Å². The smallest absolute Gasteiger partial charge is 0.341 e. The first-order valence-electron chi connectivity index (χ1n) is 5.09. The summed E-state index contributed by atoms with van der Waals surface area (Å²) in [4.78, 5) is 11.5. The molecule has 1 aromatic rings. The zero-order chi connectivity index (χ0) is 9.97. The molecule has 3 nitrogen and oxygen atoms in total. The third-order valence-corrected chi connectivity index (χ3v) is 2.56. The molecule has 76 valence electrons. The molecule has 0 saturated heterocycles. The van der Waals surface area contributed by atoms with Crippen molar-refractivity contribution in [3.05, 3.63) is 23.2 Å². The lowest BCUT2D eigenvalue weighted by Gasteiger charge is -2.10. The Morgan fingerprint density at radius 3 is 3.07 bits per heavy atom. The molecule has 0 aromatic carbocycles. The molecule has 0 amide bonds. The van der Waals surface area contributed by atoms with Gasteiger partial charge in [0.15, 0.2) is 0 Å². The van der Waals surface area contributed by atoms with Crippen LogP contribution in [-0.2, 0) is 17.6 Å². The predicted molar refractivity (Wildman–Crippen MR) is 51.3 cm³/mol. The quantitative estimate of drug-likeness (QED) is 0.678. The Hall–Kier alpha value is -1.25. The van der Waals surface area contributed by atoms with Crippen LogP contribution in [0.15, 0.2) is 10.7 Å². The van der Waals surface area contributed by atoms with Crippen LogP contribution in [0.3, 0.4) is 0 Å². The Morgan fingerprint density at radius 1 is 1.50 bits per heavy atom. The number of hydrogen-bond donors (Lipinski definition) is 0. The van der Waals surface area contributed by atoms with Crippen LogP contribution in [0.25, 0.3) is 0 Å². The molecule has 1 aliphatic rings. The van der Waals surface area contributed by atoms with E-state index in [1.807, 2.05) is 6.92 Å². The number of fused-ring (bicyclic) bond motifs is 1. The monoisotopic (exact) mass is 194 g/mol. The SMILES string of the molecule is CCOC(=O)c1coc2c1CCCC2. The second-order valence-electron chi connectivity index (χ2n) is 3.48. The van der Waals surface area contributed by atoms with Crippen molar-refractivity contribution in [1.82, 2.24) is 0 Å². The van der Waals surface area contributed by atoms with E-state index in [0.717, 1.165) is 37.0 Å². The lowest BCUT2D eigenvalue weighted by atomic mass is 9.95. The average molecular weight is 194 g/mol.